The van der Waals surface area contributed by atoms with Crippen LogP contribution >= 0.6 is 12.4 Å². The van der Waals surface area contributed by atoms with E-state index in [0.29, 0.717) is 6.54 Å². The fraction of sp³-hybridized carbons (Fsp3) is 0.588. The lowest BCUT2D eigenvalue weighted by atomic mass is 10.1. The number of ether oxygens (including phenoxy) is 1. The van der Waals surface area contributed by atoms with E-state index < -0.39 is 0 Å². The predicted molar refractivity (Wildman–Crippen MR) is 91.7 cm³/mol. The average Bonchev–Trinajstić information content (AvgIpc) is 2.89. The lowest BCUT2D eigenvalue weighted by Crippen LogP contribution is -2.40. The van der Waals surface area contributed by atoms with Gasteiger partial charge in [0.2, 0.25) is 5.91 Å². The molecule has 1 aromatic carbocycles. The Labute approximate surface area is 139 Å². The molecular formula is C17H27ClN2O2. The van der Waals surface area contributed by atoms with Gasteiger partial charge in [0.15, 0.2) is 0 Å². The van der Waals surface area contributed by atoms with Gasteiger partial charge in [0, 0.05) is 12.1 Å². The molecule has 1 atom stereocenters. The fourth-order valence-corrected chi connectivity index (χ4v) is 2.45. The van der Waals surface area contributed by atoms with Crippen molar-refractivity contribution in [1.29, 1.82) is 0 Å². The summed E-state index contributed by atoms with van der Waals surface area (Å²) in [4.78, 5) is 12.1. The highest BCUT2D eigenvalue weighted by molar-refractivity contribution is 5.85. The van der Waals surface area contributed by atoms with Crippen LogP contribution in [-0.4, -0.2) is 24.1 Å². The summed E-state index contributed by atoms with van der Waals surface area (Å²) in [5.74, 6) is 0.928. The van der Waals surface area contributed by atoms with Crippen molar-refractivity contribution in [2.24, 2.45) is 0 Å². The molecule has 0 saturated carbocycles. The molecule has 0 bridgehead atoms. The smallest absolute Gasteiger partial charge is 0.237 e. The van der Waals surface area contributed by atoms with E-state index in [2.05, 4.69) is 10.6 Å². The van der Waals surface area contributed by atoms with Crippen molar-refractivity contribution in [3.8, 4) is 5.75 Å². The van der Waals surface area contributed by atoms with E-state index in [1.165, 1.54) is 0 Å². The molecule has 1 unspecified atom stereocenters. The van der Waals surface area contributed by atoms with Crippen LogP contribution in [0.2, 0.25) is 0 Å². The maximum absolute atomic E-state index is 12.1. The lowest BCUT2D eigenvalue weighted by molar-refractivity contribution is -0.122. The number of hydrogen-bond acceptors (Lipinski definition) is 3. The van der Waals surface area contributed by atoms with E-state index in [4.69, 9.17) is 4.74 Å². The molecule has 1 saturated heterocycles. The van der Waals surface area contributed by atoms with Gasteiger partial charge in [-0.1, -0.05) is 12.1 Å². The van der Waals surface area contributed by atoms with Crippen molar-refractivity contribution in [1.82, 2.24) is 10.6 Å². The van der Waals surface area contributed by atoms with Gasteiger partial charge in [-0.3, -0.25) is 4.79 Å². The normalized spacial score (nSPS) is 17.7. The van der Waals surface area contributed by atoms with E-state index in [1.54, 1.807) is 0 Å². The third kappa shape index (κ3) is 5.50. The van der Waals surface area contributed by atoms with Gasteiger partial charge in [-0.2, -0.15) is 0 Å². The number of aryl methyl sites for hydroxylation is 1. The molecule has 0 radical (unpaired) electrons. The summed E-state index contributed by atoms with van der Waals surface area (Å²) in [5, 5.41) is 6.22. The molecular weight excluding hydrogens is 300 g/mol. The SMILES string of the molecule is Cc1ccc(CNC(=O)C2CCCN2)c(OC(C)(C)C)c1.Cl. The molecule has 22 heavy (non-hydrogen) atoms. The fourth-order valence-electron chi connectivity index (χ4n) is 2.45. The number of amides is 1. The van der Waals surface area contributed by atoms with Gasteiger partial charge in [-0.25, -0.2) is 0 Å². The van der Waals surface area contributed by atoms with Crippen LogP contribution in [0.4, 0.5) is 0 Å². The topological polar surface area (TPSA) is 50.4 Å². The largest absolute Gasteiger partial charge is 0.488 e. The highest BCUT2D eigenvalue weighted by atomic mass is 35.5. The maximum atomic E-state index is 12.1. The van der Waals surface area contributed by atoms with Crippen molar-refractivity contribution in [2.45, 2.75) is 58.7 Å². The number of benzene rings is 1. The second-order valence-electron chi connectivity index (χ2n) is 6.69. The molecule has 1 fully saturated rings. The van der Waals surface area contributed by atoms with Crippen LogP contribution in [0.3, 0.4) is 0 Å². The minimum absolute atomic E-state index is 0. The van der Waals surface area contributed by atoms with Gasteiger partial charge in [0.05, 0.1) is 6.04 Å². The number of halogens is 1. The molecule has 0 spiro atoms. The first-order chi connectivity index (χ1) is 9.85. The van der Waals surface area contributed by atoms with E-state index in [0.717, 1.165) is 36.3 Å². The van der Waals surface area contributed by atoms with E-state index in [9.17, 15) is 4.79 Å². The summed E-state index contributed by atoms with van der Waals surface area (Å²) in [5.41, 5.74) is 1.92. The first kappa shape index (κ1) is 18.8. The van der Waals surface area contributed by atoms with Gasteiger partial charge in [-0.15, -0.1) is 12.4 Å². The standard InChI is InChI=1S/C17H26N2O2.ClH/c1-12-7-8-13(15(10-12)21-17(2,3)4)11-19-16(20)14-6-5-9-18-14;/h7-8,10,14,18H,5-6,9,11H2,1-4H3,(H,19,20);1H. The third-order valence-electron chi connectivity index (χ3n) is 3.47. The summed E-state index contributed by atoms with van der Waals surface area (Å²) in [6.45, 7) is 9.56. The number of rotatable bonds is 4. The Kier molecular flexibility index (Phi) is 6.69. The van der Waals surface area contributed by atoms with Gasteiger partial charge in [0.1, 0.15) is 11.4 Å². The monoisotopic (exact) mass is 326 g/mol. The number of nitrogens with one attached hydrogen (secondary N) is 2. The molecule has 1 heterocycles. The second kappa shape index (κ2) is 7.84. The first-order valence-corrected chi connectivity index (χ1v) is 7.65. The van der Waals surface area contributed by atoms with Crippen molar-refractivity contribution < 1.29 is 9.53 Å². The third-order valence-corrected chi connectivity index (χ3v) is 3.47. The molecule has 2 N–H and O–H groups in total. The van der Waals surface area contributed by atoms with Crippen LogP contribution in [0.15, 0.2) is 18.2 Å². The second-order valence-corrected chi connectivity index (χ2v) is 6.69. The molecule has 1 aromatic rings. The van der Waals surface area contributed by atoms with Gasteiger partial charge in [-0.05, 0) is 58.7 Å². The average molecular weight is 327 g/mol. The Morgan fingerprint density at radius 2 is 2.14 bits per heavy atom. The van der Waals surface area contributed by atoms with E-state index >= 15 is 0 Å². The Morgan fingerprint density at radius 1 is 1.41 bits per heavy atom. The van der Waals surface area contributed by atoms with Crippen LogP contribution in [0.5, 0.6) is 5.75 Å². The van der Waals surface area contributed by atoms with Crippen LogP contribution in [-0.2, 0) is 11.3 Å². The van der Waals surface area contributed by atoms with Gasteiger partial charge >= 0.3 is 0 Å². The van der Waals surface area contributed by atoms with Gasteiger partial charge in [0.25, 0.3) is 0 Å². The Morgan fingerprint density at radius 3 is 2.73 bits per heavy atom. The van der Waals surface area contributed by atoms with E-state index in [1.807, 2.05) is 45.9 Å². The van der Waals surface area contributed by atoms with Crippen molar-refractivity contribution in [3.63, 3.8) is 0 Å². The van der Waals surface area contributed by atoms with Crippen molar-refractivity contribution in [3.05, 3.63) is 29.3 Å². The Hall–Kier alpha value is -1.26. The molecule has 0 aliphatic carbocycles. The van der Waals surface area contributed by atoms with Crippen LogP contribution in [0.1, 0.15) is 44.7 Å². The zero-order valence-electron chi connectivity index (χ0n) is 13.9. The summed E-state index contributed by atoms with van der Waals surface area (Å²) in [6, 6.07) is 6.06. The Bertz CT molecular complexity index is 506. The molecule has 0 aromatic heterocycles. The molecule has 1 amide bonds. The summed E-state index contributed by atoms with van der Waals surface area (Å²) >= 11 is 0. The van der Waals surface area contributed by atoms with Crippen LogP contribution < -0.4 is 15.4 Å². The molecule has 5 heteroatoms. The summed E-state index contributed by atoms with van der Waals surface area (Å²) in [6.07, 6.45) is 1.99. The minimum Gasteiger partial charge on any atom is -0.488 e. The zero-order valence-corrected chi connectivity index (χ0v) is 14.7. The summed E-state index contributed by atoms with van der Waals surface area (Å²) < 4.78 is 6.00. The quantitative estimate of drug-likeness (QED) is 0.894. The highest BCUT2D eigenvalue weighted by Gasteiger charge is 2.22. The number of hydrogen-bond donors (Lipinski definition) is 2. The highest BCUT2D eigenvalue weighted by Crippen LogP contribution is 2.24. The lowest BCUT2D eigenvalue weighted by Gasteiger charge is -2.24. The summed E-state index contributed by atoms with van der Waals surface area (Å²) in [7, 11) is 0. The van der Waals surface area contributed by atoms with Crippen molar-refractivity contribution in [2.75, 3.05) is 6.54 Å². The minimum atomic E-state index is -0.250. The molecule has 1 aliphatic heterocycles. The zero-order chi connectivity index (χ0) is 15.5. The predicted octanol–water partition coefficient (Wildman–Crippen LogP) is 2.96. The van der Waals surface area contributed by atoms with Crippen LogP contribution in [0, 0.1) is 6.92 Å². The molecule has 4 nitrogen and oxygen atoms in total. The van der Waals surface area contributed by atoms with E-state index in [-0.39, 0.29) is 30.0 Å². The molecule has 124 valence electrons. The molecule has 1 aliphatic rings. The number of carbonyl (C=O) groups excluding carboxylic acids is 1. The first-order valence-electron chi connectivity index (χ1n) is 7.65. The number of carbonyl (C=O) groups is 1. The van der Waals surface area contributed by atoms with Crippen LogP contribution in [0.25, 0.3) is 0 Å². The van der Waals surface area contributed by atoms with Gasteiger partial charge < -0.3 is 15.4 Å². The molecule has 2 rings (SSSR count). The maximum Gasteiger partial charge on any atom is 0.237 e. The Balaban J connectivity index is 0.00000242. The van der Waals surface area contributed by atoms with Crippen molar-refractivity contribution >= 4 is 18.3 Å².